The molecule has 1 amide bonds. The second kappa shape index (κ2) is 6.49. The number of hydrogen-bond donors (Lipinski definition) is 3. The van der Waals surface area contributed by atoms with Crippen LogP contribution in [0.3, 0.4) is 0 Å². The van der Waals surface area contributed by atoms with Crippen LogP contribution in [0, 0.1) is 6.92 Å². The highest BCUT2D eigenvalue weighted by Gasteiger charge is 2.22. The second-order valence-electron chi connectivity index (χ2n) is 4.27. The highest BCUT2D eigenvalue weighted by Crippen LogP contribution is 2.10. The minimum absolute atomic E-state index is 0.0426. The Morgan fingerprint density at radius 1 is 1.25 bits per heavy atom. The molecule has 0 heterocycles. The fraction of sp³-hybridized carbons (Fsp3) is 0.333. The van der Waals surface area contributed by atoms with Gasteiger partial charge in [-0.05, 0) is 26.0 Å². The van der Waals surface area contributed by atoms with Crippen molar-refractivity contribution < 1.29 is 23.1 Å². The summed E-state index contributed by atoms with van der Waals surface area (Å²) >= 11 is 0. The number of amides is 1. The number of carbonyl (C=O) groups is 2. The van der Waals surface area contributed by atoms with Crippen molar-refractivity contribution in [3.8, 4) is 0 Å². The van der Waals surface area contributed by atoms with Crippen LogP contribution in [0.2, 0.25) is 0 Å². The molecule has 1 unspecified atom stereocenters. The molecule has 0 aliphatic rings. The molecule has 1 aromatic rings. The van der Waals surface area contributed by atoms with E-state index in [9.17, 15) is 18.0 Å². The van der Waals surface area contributed by atoms with Crippen molar-refractivity contribution in [2.24, 2.45) is 0 Å². The molecule has 110 valence electrons. The Balaban J connectivity index is 2.73. The minimum atomic E-state index is -3.82. The van der Waals surface area contributed by atoms with E-state index in [-0.39, 0.29) is 4.90 Å². The van der Waals surface area contributed by atoms with Gasteiger partial charge in [-0.15, -0.1) is 0 Å². The second-order valence-corrected chi connectivity index (χ2v) is 5.98. The first-order valence-corrected chi connectivity index (χ1v) is 7.29. The highest BCUT2D eigenvalue weighted by atomic mass is 32.2. The van der Waals surface area contributed by atoms with Crippen molar-refractivity contribution >= 4 is 21.9 Å². The van der Waals surface area contributed by atoms with E-state index < -0.39 is 34.5 Å². The van der Waals surface area contributed by atoms with Gasteiger partial charge in [0.2, 0.25) is 15.9 Å². The number of carboxylic acids is 1. The topological polar surface area (TPSA) is 113 Å². The van der Waals surface area contributed by atoms with Gasteiger partial charge in [-0.3, -0.25) is 9.59 Å². The standard InChI is InChI=1S/C12H16N2O5S/c1-8-3-5-10(6-4-8)20(18,19)14-9(2)12(17)13-7-11(15)16/h3-6,9,14H,7H2,1-2H3,(H,13,17)(H,15,16). The number of carbonyl (C=O) groups excluding carboxylic acids is 1. The van der Waals surface area contributed by atoms with Gasteiger partial charge in [-0.1, -0.05) is 17.7 Å². The van der Waals surface area contributed by atoms with E-state index in [0.29, 0.717) is 0 Å². The van der Waals surface area contributed by atoms with Gasteiger partial charge in [0.15, 0.2) is 0 Å². The third-order valence-corrected chi connectivity index (χ3v) is 4.03. The van der Waals surface area contributed by atoms with Crippen LogP contribution in [0.1, 0.15) is 12.5 Å². The Morgan fingerprint density at radius 3 is 2.30 bits per heavy atom. The van der Waals surface area contributed by atoms with Crippen molar-refractivity contribution in [2.45, 2.75) is 24.8 Å². The molecule has 20 heavy (non-hydrogen) atoms. The normalized spacial score (nSPS) is 12.7. The molecule has 0 saturated carbocycles. The smallest absolute Gasteiger partial charge is 0.322 e. The average Bonchev–Trinajstić information content (AvgIpc) is 2.35. The lowest BCUT2D eigenvalue weighted by Gasteiger charge is -2.13. The molecule has 8 heteroatoms. The van der Waals surface area contributed by atoms with E-state index in [1.807, 2.05) is 6.92 Å². The fourth-order valence-electron chi connectivity index (χ4n) is 1.39. The summed E-state index contributed by atoms with van der Waals surface area (Å²) in [7, 11) is -3.82. The van der Waals surface area contributed by atoms with E-state index in [0.717, 1.165) is 5.56 Å². The molecule has 1 atom stereocenters. The molecule has 0 aliphatic carbocycles. The maximum Gasteiger partial charge on any atom is 0.322 e. The summed E-state index contributed by atoms with van der Waals surface area (Å²) < 4.78 is 26.2. The molecule has 0 saturated heterocycles. The number of nitrogens with one attached hydrogen (secondary N) is 2. The molecule has 1 aromatic carbocycles. The van der Waals surface area contributed by atoms with Crippen molar-refractivity contribution in [1.82, 2.24) is 10.0 Å². The molecule has 0 radical (unpaired) electrons. The number of hydrogen-bond acceptors (Lipinski definition) is 4. The highest BCUT2D eigenvalue weighted by molar-refractivity contribution is 7.89. The lowest BCUT2D eigenvalue weighted by Crippen LogP contribution is -2.45. The van der Waals surface area contributed by atoms with E-state index in [2.05, 4.69) is 10.0 Å². The Kier molecular flexibility index (Phi) is 5.23. The Bertz CT molecular complexity index is 595. The predicted molar refractivity (Wildman–Crippen MR) is 71.6 cm³/mol. The zero-order valence-electron chi connectivity index (χ0n) is 11.1. The van der Waals surface area contributed by atoms with Gasteiger partial charge in [0.05, 0.1) is 10.9 Å². The Hall–Kier alpha value is -1.93. The Morgan fingerprint density at radius 2 is 1.80 bits per heavy atom. The molecule has 0 bridgehead atoms. The number of carboxylic acid groups (broad SMARTS) is 1. The quantitative estimate of drug-likeness (QED) is 0.677. The van der Waals surface area contributed by atoms with Crippen molar-refractivity contribution in [3.63, 3.8) is 0 Å². The predicted octanol–water partition coefficient (Wildman–Crippen LogP) is -0.137. The van der Waals surface area contributed by atoms with Gasteiger partial charge in [0, 0.05) is 0 Å². The monoisotopic (exact) mass is 300 g/mol. The molecule has 7 nitrogen and oxygen atoms in total. The third kappa shape index (κ3) is 4.63. The molecule has 1 rings (SSSR count). The first-order chi connectivity index (χ1) is 9.22. The van der Waals surface area contributed by atoms with Gasteiger partial charge in [-0.25, -0.2) is 8.42 Å². The number of aliphatic carboxylic acids is 1. The van der Waals surface area contributed by atoms with Crippen LogP contribution in [0.4, 0.5) is 0 Å². The van der Waals surface area contributed by atoms with Gasteiger partial charge in [0.1, 0.15) is 6.54 Å². The van der Waals surface area contributed by atoms with Crippen LogP contribution in [0.5, 0.6) is 0 Å². The summed E-state index contributed by atoms with van der Waals surface area (Å²) in [6.45, 7) is 2.60. The van der Waals surface area contributed by atoms with Crippen LogP contribution in [0.25, 0.3) is 0 Å². The van der Waals surface area contributed by atoms with Crippen LogP contribution >= 0.6 is 0 Å². The zero-order valence-corrected chi connectivity index (χ0v) is 11.9. The summed E-state index contributed by atoms with van der Waals surface area (Å²) in [6, 6.07) is 5.08. The lowest BCUT2D eigenvalue weighted by molar-refractivity contribution is -0.138. The van der Waals surface area contributed by atoms with E-state index >= 15 is 0 Å². The van der Waals surface area contributed by atoms with E-state index in [1.54, 1.807) is 12.1 Å². The summed E-state index contributed by atoms with van der Waals surface area (Å²) in [5, 5.41) is 10.5. The van der Waals surface area contributed by atoms with Crippen LogP contribution in [-0.2, 0) is 19.6 Å². The van der Waals surface area contributed by atoms with Crippen molar-refractivity contribution in [3.05, 3.63) is 29.8 Å². The molecule has 0 aromatic heterocycles. The first-order valence-electron chi connectivity index (χ1n) is 5.81. The first kappa shape index (κ1) is 16.1. The number of rotatable bonds is 6. The van der Waals surface area contributed by atoms with Gasteiger partial charge in [-0.2, -0.15) is 4.72 Å². The summed E-state index contributed by atoms with van der Waals surface area (Å²) in [5.41, 5.74) is 0.913. The number of sulfonamides is 1. The molecule has 0 fully saturated rings. The molecular formula is C12H16N2O5S. The van der Waals surface area contributed by atoms with Gasteiger partial charge < -0.3 is 10.4 Å². The van der Waals surface area contributed by atoms with E-state index in [4.69, 9.17) is 5.11 Å². The average molecular weight is 300 g/mol. The van der Waals surface area contributed by atoms with Crippen LogP contribution < -0.4 is 10.0 Å². The maximum atomic E-state index is 12.0. The summed E-state index contributed by atoms with van der Waals surface area (Å²) in [4.78, 5) is 21.9. The fourth-order valence-corrected chi connectivity index (χ4v) is 2.59. The summed E-state index contributed by atoms with van der Waals surface area (Å²) in [5.74, 6) is -1.91. The SMILES string of the molecule is Cc1ccc(S(=O)(=O)NC(C)C(=O)NCC(=O)O)cc1. The van der Waals surface area contributed by atoms with Gasteiger partial charge >= 0.3 is 5.97 Å². The maximum absolute atomic E-state index is 12.0. The zero-order chi connectivity index (χ0) is 15.3. The molecule has 3 N–H and O–H groups in total. The van der Waals surface area contributed by atoms with Crippen LogP contribution in [-0.4, -0.2) is 38.0 Å². The third-order valence-electron chi connectivity index (χ3n) is 2.47. The Labute approximate surface area is 117 Å². The molecular weight excluding hydrogens is 284 g/mol. The number of aryl methyl sites for hydroxylation is 1. The van der Waals surface area contributed by atoms with E-state index in [1.165, 1.54) is 19.1 Å². The lowest BCUT2D eigenvalue weighted by atomic mass is 10.2. The minimum Gasteiger partial charge on any atom is -0.480 e. The summed E-state index contributed by atoms with van der Waals surface area (Å²) in [6.07, 6.45) is 0. The largest absolute Gasteiger partial charge is 0.480 e. The van der Waals surface area contributed by atoms with Crippen molar-refractivity contribution in [2.75, 3.05) is 6.54 Å². The van der Waals surface area contributed by atoms with Crippen molar-refractivity contribution in [1.29, 1.82) is 0 Å². The van der Waals surface area contributed by atoms with Crippen LogP contribution in [0.15, 0.2) is 29.2 Å². The van der Waals surface area contributed by atoms with Gasteiger partial charge in [0.25, 0.3) is 0 Å². The molecule has 0 spiro atoms. The number of benzene rings is 1. The molecule has 0 aliphatic heterocycles.